The van der Waals surface area contributed by atoms with Crippen molar-refractivity contribution in [3.8, 4) is 5.75 Å². The van der Waals surface area contributed by atoms with Crippen LogP contribution in [0.25, 0.3) is 0 Å². The summed E-state index contributed by atoms with van der Waals surface area (Å²) in [5.74, 6) is -1.29. The van der Waals surface area contributed by atoms with E-state index < -0.39 is 17.5 Å². The van der Waals surface area contributed by atoms with Gasteiger partial charge in [0, 0.05) is 5.41 Å². The van der Waals surface area contributed by atoms with Gasteiger partial charge in [0.15, 0.2) is 0 Å². The second-order valence-corrected chi connectivity index (χ2v) is 5.39. The third-order valence-electron chi connectivity index (χ3n) is 2.35. The number of anilines is 1. The Balaban J connectivity index is 0. The molecule has 1 aromatic rings. The molecule has 9 heteroatoms. The van der Waals surface area contributed by atoms with Crippen molar-refractivity contribution in [2.45, 2.75) is 27.2 Å². The van der Waals surface area contributed by atoms with E-state index in [1.165, 1.54) is 18.2 Å². The first-order valence-corrected chi connectivity index (χ1v) is 6.18. The molecule has 0 bridgehead atoms. The zero-order valence-corrected chi connectivity index (χ0v) is 15.4. The van der Waals surface area contributed by atoms with Crippen molar-refractivity contribution >= 4 is 23.7 Å². The maximum Gasteiger partial charge on any atom is 1.00 e. The normalized spacial score (nSPS) is 9.70. The van der Waals surface area contributed by atoms with Crippen LogP contribution in [0.4, 0.5) is 10.5 Å². The number of carbonyl (C=O) groups is 3. The summed E-state index contributed by atoms with van der Waals surface area (Å²) in [6.07, 6.45) is -2.24. The first-order valence-electron chi connectivity index (χ1n) is 6.18. The van der Waals surface area contributed by atoms with Crippen LogP contribution in [0.15, 0.2) is 18.2 Å². The first-order chi connectivity index (χ1) is 9.93. The Bertz CT molecular complexity index is 563. The Morgan fingerprint density at radius 1 is 1.17 bits per heavy atom. The molecule has 0 fully saturated rings. The first kappa shape index (κ1) is 23.5. The number of phenolic OH excluding ortho intramolecular Hbond substituents is 1. The second-order valence-electron chi connectivity index (χ2n) is 5.39. The van der Waals surface area contributed by atoms with Crippen LogP contribution in [-0.2, 0) is 16.0 Å². The average molecular weight is 335 g/mol. The van der Waals surface area contributed by atoms with Gasteiger partial charge in [0.05, 0.1) is 12.1 Å². The van der Waals surface area contributed by atoms with E-state index in [0.29, 0.717) is 5.56 Å². The molecule has 4 N–H and O–H groups in total. The van der Waals surface area contributed by atoms with Crippen LogP contribution in [-0.4, -0.2) is 33.4 Å². The molecular formula is C14H18NNaO7. The van der Waals surface area contributed by atoms with Crippen LogP contribution < -0.4 is 40.0 Å². The molecule has 0 unspecified atom stereocenters. The average Bonchev–Trinajstić information content (AvgIpc) is 2.30. The van der Waals surface area contributed by atoms with Crippen LogP contribution in [0, 0.1) is 5.41 Å². The van der Waals surface area contributed by atoms with Crippen LogP contribution in [0.5, 0.6) is 5.75 Å². The van der Waals surface area contributed by atoms with Gasteiger partial charge in [0.1, 0.15) is 5.75 Å². The third-order valence-corrected chi connectivity index (χ3v) is 2.35. The molecule has 0 heterocycles. The largest absolute Gasteiger partial charge is 1.00 e. The number of nitrogens with one attached hydrogen (secondary N) is 1. The van der Waals surface area contributed by atoms with Crippen molar-refractivity contribution in [1.82, 2.24) is 0 Å². The molecule has 1 aromatic carbocycles. The standard InChI is InChI=1S/C13H17NO4.CH2O3.Na/c1-13(2,3)12(18)14-9-6-8(7-11(16)17)4-5-10(9)15;2-1(3)4;/h4-6,15H,7H2,1-3H3,(H,14,18)(H,16,17);(H2,2,3,4);/q;;+1/p-1. The van der Waals surface area contributed by atoms with Gasteiger partial charge in [0.2, 0.25) is 12.1 Å². The molecule has 8 nitrogen and oxygen atoms in total. The van der Waals surface area contributed by atoms with E-state index in [-0.39, 0.29) is 53.3 Å². The maximum absolute atomic E-state index is 11.8. The number of aromatic hydroxyl groups is 1. The zero-order chi connectivity index (χ0) is 17.5. The Morgan fingerprint density at radius 2 is 1.65 bits per heavy atom. The van der Waals surface area contributed by atoms with Crippen molar-refractivity contribution < 1.29 is 64.4 Å². The number of amides is 1. The topological polar surface area (TPSA) is 147 Å². The molecule has 0 radical (unpaired) electrons. The molecule has 0 saturated carbocycles. The van der Waals surface area contributed by atoms with Crippen LogP contribution in [0.3, 0.4) is 0 Å². The summed E-state index contributed by atoms with van der Waals surface area (Å²) in [5, 5.41) is 36.2. The van der Waals surface area contributed by atoms with Gasteiger partial charge in [-0.25, -0.2) is 0 Å². The Kier molecular flexibility index (Phi) is 10.3. The van der Waals surface area contributed by atoms with E-state index in [1.54, 1.807) is 20.8 Å². The van der Waals surface area contributed by atoms with Crippen molar-refractivity contribution in [3.63, 3.8) is 0 Å². The van der Waals surface area contributed by atoms with Crippen LogP contribution >= 0.6 is 0 Å². The molecule has 0 aromatic heterocycles. The monoisotopic (exact) mass is 335 g/mol. The van der Waals surface area contributed by atoms with E-state index in [0.717, 1.165) is 0 Å². The molecule has 0 saturated heterocycles. The molecule has 23 heavy (non-hydrogen) atoms. The summed E-state index contributed by atoms with van der Waals surface area (Å²) in [7, 11) is 0. The molecule has 122 valence electrons. The number of carboxylic acid groups (broad SMARTS) is 3. The van der Waals surface area contributed by atoms with Crippen molar-refractivity contribution in [2.75, 3.05) is 5.32 Å². The quantitative estimate of drug-likeness (QED) is 0.365. The molecule has 0 aliphatic carbocycles. The summed E-state index contributed by atoms with van der Waals surface area (Å²) in [5.41, 5.74) is 0.160. The Hall–Kier alpha value is -1.77. The number of phenols is 1. The van der Waals surface area contributed by atoms with Gasteiger partial charge in [0.25, 0.3) is 0 Å². The van der Waals surface area contributed by atoms with Gasteiger partial charge in [-0.3, -0.25) is 9.59 Å². The number of rotatable bonds is 3. The fourth-order valence-electron chi connectivity index (χ4n) is 1.28. The Morgan fingerprint density at radius 3 is 2.04 bits per heavy atom. The molecule has 0 aliphatic heterocycles. The molecule has 0 spiro atoms. The van der Waals surface area contributed by atoms with Crippen molar-refractivity contribution in [3.05, 3.63) is 23.8 Å². The minimum absolute atomic E-state index is 0. The zero-order valence-electron chi connectivity index (χ0n) is 13.4. The summed E-state index contributed by atoms with van der Waals surface area (Å²) in [6.45, 7) is 5.25. The molecule has 1 amide bonds. The summed E-state index contributed by atoms with van der Waals surface area (Å²) >= 11 is 0. The van der Waals surface area contributed by atoms with E-state index >= 15 is 0 Å². The number of hydrogen-bond acceptors (Lipinski definition) is 5. The SMILES string of the molecule is CC(C)(C)C(=O)Nc1cc(CC(=O)O)ccc1O.O=C([O-])O.[Na+]. The fourth-order valence-corrected chi connectivity index (χ4v) is 1.28. The van der Waals surface area contributed by atoms with Gasteiger partial charge < -0.3 is 30.5 Å². The summed E-state index contributed by atoms with van der Waals surface area (Å²) in [6, 6.07) is 4.35. The van der Waals surface area contributed by atoms with Crippen molar-refractivity contribution in [1.29, 1.82) is 0 Å². The third kappa shape index (κ3) is 10.6. The van der Waals surface area contributed by atoms with E-state index in [4.69, 9.17) is 20.1 Å². The van der Waals surface area contributed by atoms with Gasteiger partial charge >= 0.3 is 35.5 Å². The number of benzene rings is 1. The van der Waals surface area contributed by atoms with E-state index in [1.807, 2.05) is 0 Å². The predicted molar refractivity (Wildman–Crippen MR) is 75.6 cm³/mol. The van der Waals surface area contributed by atoms with Crippen LogP contribution in [0.2, 0.25) is 0 Å². The Labute approximate surface area is 155 Å². The molecular weight excluding hydrogens is 317 g/mol. The number of aliphatic carboxylic acids is 1. The molecule has 1 rings (SSSR count). The minimum Gasteiger partial charge on any atom is -0.565 e. The van der Waals surface area contributed by atoms with E-state index in [9.17, 15) is 14.7 Å². The van der Waals surface area contributed by atoms with Crippen LogP contribution in [0.1, 0.15) is 26.3 Å². The van der Waals surface area contributed by atoms with Gasteiger partial charge in [-0.1, -0.05) is 26.8 Å². The summed E-state index contributed by atoms with van der Waals surface area (Å²) < 4.78 is 0. The number of carboxylic acids is 1. The smallest absolute Gasteiger partial charge is 0.565 e. The van der Waals surface area contributed by atoms with Gasteiger partial charge in [-0.2, -0.15) is 0 Å². The number of hydrogen-bond donors (Lipinski definition) is 4. The van der Waals surface area contributed by atoms with Gasteiger partial charge in [-0.15, -0.1) is 0 Å². The second kappa shape index (κ2) is 10.1. The molecule has 0 aliphatic rings. The molecule has 0 atom stereocenters. The fraction of sp³-hybridized carbons (Fsp3) is 0.357. The maximum atomic E-state index is 11.8. The van der Waals surface area contributed by atoms with Gasteiger partial charge in [-0.05, 0) is 17.7 Å². The van der Waals surface area contributed by atoms with Crippen molar-refractivity contribution in [2.24, 2.45) is 5.41 Å². The predicted octanol–water partition coefficient (Wildman–Crippen LogP) is -2.10. The number of carbonyl (C=O) groups excluding carboxylic acids is 1. The van der Waals surface area contributed by atoms with E-state index in [2.05, 4.69) is 5.32 Å². The summed E-state index contributed by atoms with van der Waals surface area (Å²) in [4.78, 5) is 30.8. The minimum atomic E-state index is -2.08.